The molecule has 4 heterocycles. The van der Waals surface area contributed by atoms with Crippen molar-refractivity contribution in [3.8, 4) is 34.1 Å². The molecule has 0 unspecified atom stereocenters. The van der Waals surface area contributed by atoms with Gasteiger partial charge in [0.05, 0.1) is 29.2 Å². The Kier molecular flexibility index (Phi) is 2.88. The number of furan rings is 2. The molecule has 2 aromatic carbocycles. The molecule has 0 spiro atoms. The van der Waals surface area contributed by atoms with Crippen molar-refractivity contribution in [1.82, 2.24) is 4.98 Å². The summed E-state index contributed by atoms with van der Waals surface area (Å²) in [5.74, 6) is 2.76. The minimum atomic E-state index is 0.151. The van der Waals surface area contributed by atoms with Crippen molar-refractivity contribution in [2.75, 3.05) is 6.79 Å². The van der Waals surface area contributed by atoms with Crippen LogP contribution in [-0.2, 0) is 0 Å². The Balaban J connectivity index is 1.89. The van der Waals surface area contributed by atoms with Gasteiger partial charge in [-0.1, -0.05) is 18.2 Å². The molecule has 0 amide bonds. The van der Waals surface area contributed by atoms with E-state index in [1.807, 2.05) is 48.7 Å². The van der Waals surface area contributed by atoms with Crippen LogP contribution in [0, 0.1) is 0 Å². The molecule has 1 aliphatic rings. The van der Waals surface area contributed by atoms with Crippen molar-refractivity contribution in [2.45, 2.75) is 0 Å². The van der Waals surface area contributed by atoms with Crippen LogP contribution in [0.1, 0.15) is 0 Å². The van der Waals surface area contributed by atoms with E-state index in [0.29, 0.717) is 17.3 Å². The Morgan fingerprint density at radius 3 is 2.15 bits per heavy atom. The van der Waals surface area contributed by atoms with E-state index in [1.54, 1.807) is 12.5 Å². The zero-order valence-electron chi connectivity index (χ0n) is 14.1. The van der Waals surface area contributed by atoms with E-state index < -0.39 is 0 Å². The summed E-state index contributed by atoms with van der Waals surface area (Å²) in [7, 11) is 0. The van der Waals surface area contributed by atoms with Gasteiger partial charge in [-0.05, 0) is 30.3 Å². The quantitative estimate of drug-likeness (QED) is 0.384. The molecule has 27 heavy (non-hydrogen) atoms. The molecule has 0 N–H and O–H groups in total. The second kappa shape index (κ2) is 5.38. The van der Waals surface area contributed by atoms with Gasteiger partial charge in [-0.2, -0.15) is 0 Å². The van der Waals surface area contributed by atoms with Gasteiger partial charge in [0.15, 0.2) is 11.5 Å². The van der Waals surface area contributed by atoms with Crippen molar-refractivity contribution in [1.29, 1.82) is 0 Å². The van der Waals surface area contributed by atoms with Gasteiger partial charge in [0, 0.05) is 22.4 Å². The number of hydrogen-bond acceptors (Lipinski definition) is 5. The van der Waals surface area contributed by atoms with E-state index >= 15 is 0 Å². The van der Waals surface area contributed by atoms with Gasteiger partial charge < -0.3 is 18.3 Å². The molecular weight excluding hydrogens is 342 g/mol. The number of para-hydroxylation sites is 1. The maximum Gasteiger partial charge on any atom is 0.231 e. The molecular formula is C22H13NO4. The monoisotopic (exact) mass is 355 g/mol. The van der Waals surface area contributed by atoms with Gasteiger partial charge in [-0.25, -0.2) is 0 Å². The molecule has 0 radical (unpaired) electrons. The fourth-order valence-corrected chi connectivity index (χ4v) is 3.81. The van der Waals surface area contributed by atoms with Gasteiger partial charge in [-0.3, -0.25) is 4.98 Å². The largest absolute Gasteiger partial charge is 0.464 e. The Hall–Kier alpha value is -3.73. The fraction of sp³-hybridized carbons (Fsp3) is 0.0455. The third-order valence-corrected chi connectivity index (χ3v) is 4.90. The average Bonchev–Trinajstić information content (AvgIpc) is 3.48. The van der Waals surface area contributed by atoms with Gasteiger partial charge >= 0.3 is 0 Å². The van der Waals surface area contributed by atoms with E-state index in [0.717, 1.165) is 38.6 Å². The number of fused-ring (bicyclic) bond motifs is 4. The van der Waals surface area contributed by atoms with Crippen LogP contribution in [0.3, 0.4) is 0 Å². The highest BCUT2D eigenvalue weighted by Crippen LogP contribution is 2.54. The summed E-state index contributed by atoms with van der Waals surface area (Å²) in [6.07, 6.45) is 5.18. The predicted molar refractivity (Wildman–Crippen MR) is 101 cm³/mol. The van der Waals surface area contributed by atoms with Crippen LogP contribution in [0.4, 0.5) is 0 Å². The van der Waals surface area contributed by atoms with E-state index in [4.69, 9.17) is 18.3 Å². The highest BCUT2D eigenvalue weighted by atomic mass is 16.7. The molecule has 0 bridgehead atoms. The van der Waals surface area contributed by atoms with Crippen LogP contribution >= 0.6 is 0 Å². The molecule has 0 fully saturated rings. The lowest BCUT2D eigenvalue weighted by atomic mass is 9.93. The SMILES string of the molecule is c1coc(-c2c3c(c(-c4ccco4)c4c2cnc2ccccc24)OCO3)c1. The van der Waals surface area contributed by atoms with Crippen LogP contribution < -0.4 is 9.47 Å². The lowest BCUT2D eigenvalue weighted by Gasteiger charge is -2.15. The topological polar surface area (TPSA) is 57.6 Å². The molecule has 1 aliphatic heterocycles. The number of hydrogen-bond donors (Lipinski definition) is 0. The summed E-state index contributed by atoms with van der Waals surface area (Å²) in [6, 6.07) is 15.6. The lowest BCUT2D eigenvalue weighted by Crippen LogP contribution is -1.93. The maximum absolute atomic E-state index is 5.90. The first-order chi connectivity index (χ1) is 13.4. The highest BCUT2D eigenvalue weighted by Gasteiger charge is 2.31. The Labute approximate surface area is 153 Å². The van der Waals surface area contributed by atoms with Crippen LogP contribution in [-0.4, -0.2) is 11.8 Å². The molecule has 5 nitrogen and oxygen atoms in total. The van der Waals surface area contributed by atoms with Crippen molar-refractivity contribution in [3.05, 3.63) is 67.3 Å². The standard InChI is InChI=1S/C22H13NO4/c1-2-6-15-13(5-1)18-14(11-23-15)19(16-7-3-9-24-16)21-22(27-12-26-21)20(18)17-8-4-10-25-17/h1-11H,12H2. The first kappa shape index (κ1) is 14.4. The summed E-state index contributed by atoms with van der Waals surface area (Å²) in [6.45, 7) is 0.151. The van der Waals surface area contributed by atoms with Gasteiger partial charge in [0.1, 0.15) is 11.5 Å². The second-order valence-electron chi connectivity index (χ2n) is 6.33. The van der Waals surface area contributed by atoms with E-state index in [-0.39, 0.29) is 6.79 Å². The molecule has 5 aromatic rings. The minimum absolute atomic E-state index is 0.151. The Morgan fingerprint density at radius 2 is 1.41 bits per heavy atom. The molecule has 5 heteroatoms. The summed E-state index contributed by atoms with van der Waals surface area (Å²) < 4.78 is 23.2. The third-order valence-electron chi connectivity index (χ3n) is 4.90. The summed E-state index contributed by atoms with van der Waals surface area (Å²) in [4.78, 5) is 4.66. The third kappa shape index (κ3) is 1.96. The molecule has 3 aromatic heterocycles. The number of nitrogens with zero attached hydrogens (tertiary/aromatic N) is 1. The predicted octanol–water partition coefficient (Wildman–Crippen LogP) is 5.64. The number of rotatable bonds is 2. The molecule has 0 atom stereocenters. The first-order valence-electron chi connectivity index (χ1n) is 8.62. The van der Waals surface area contributed by atoms with Crippen LogP contribution in [0.5, 0.6) is 11.5 Å². The fourth-order valence-electron chi connectivity index (χ4n) is 3.81. The maximum atomic E-state index is 5.90. The average molecular weight is 355 g/mol. The van der Waals surface area contributed by atoms with Crippen LogP contribution in [0.25, 0.3) is 44.3 Å². The van der Waals surface area contributed by atoms with Crippen molar-refractivity contribution in [3.63, 3.8) is 0 Å². The van der Waals surface area contributed by atoms with E-state index in [1.165, 1.54) is 0 Å². The highest BCUT2D eigenvalue weighted by molar-refractivity contribution is 6.19. The Morgan fingerprint density at radius 1 is 0.704 bits per heavy atom. The normalized spacial score (nSPS) is 12.9. The minimum Gasteiger partial charge on any atom is -0.464 e. The number of ether oxygens (including phenoxy) is 2. The summed E-state index contributed by atoms with van der Waals surface area (Å²) in [5, 5.41) is 2.96. The second-order valence-corrected chi connectivity index (χ2v) is 6.33. The molecule has 0 saturated carbocycles. The molecule has 0 saturated heterocycles. The number of aromatic nitrogens is 1. The molecule has 130 valence electrons. The summed E-state index contributed by atoms with van der Waals surface area (Å²) >= 11 is 0. The zero-order valence-corrected chi connectivity index (χ0v) is 14.1. The zero-order chi connectivity index (χ0) is 17.8. The first-order valence-corrected chi connectivity index (χ1v) is 8.62. The van der Waals surface area contributed by atoms with Crippen LogP contribution in [0.2, 0.25) is 0 Å². The van der Waals surface area contributed by atoms with E-state index in [9.17, 15) is 0 Å². The number of benzene rings is 2. The Bertz CT molecular complexity index is 1290. The van der Waals surface area contributed by atoms with Crippen molar-refractivity contribution < 1.29 is 18.3 Å². The van der Waals surface area contributed by atoms with Gasteiger partial charge in [0.25, 0.3) is 0 Å². The van der Waals surface area contributed by atoms with Crippen molar-refractivity contribution in [2.24, 2.45) is 0 Å². The summed E-state index contributed by atoms with van der Waals surface area (Å²) in [5.41, 5.74) is 2.62. The lowest BCUT2D eigenvalue weighted by molar-refractivity contribution is 0.174. The van der Waals surface area contributed by atoms with Crippen LogP contribution in [0.15, 0.2) is 76.1 Å². The van der Waals surface area contributed by atoms with Gasteiger partial charge in [0.2, 0.25) is 6.79 Å². The molecule has 6 rings (SSSR count). The number of pyridine rings is 1. The van der Waals surface area contributed by atoms with Crippen molar-refractivity contribution >= 4 is 21.7 Å². The van der Waals surface area contributed by atoms with E-state index in [2.05, 4.69) is 11.1 Å². The van der Waals surface area contributed by atoms with Gasteiger partial charge in [-0.15, -0.1) is 0 Å². The smallest absolute Gasteiger partial charge is 0.231 e. The molecule has 0 aliphatic carbocycles.